The molecule has 1 atom stereocenters. The van der Waals surface area contributed by atoms with Crippen LogP contribution < -0.4 is 5.32 Å². The van der Waals surface area contributed by atoms with Crippen LogP contribution in [0.4, 0.5) is 4.79 Å². The molecule has 2 N–H and O–H groups in total. The molecule has 1 aliphatic heterocycles. The minimum Gasteiger partial charge on any atom is -0.480 e. The molecule has 25 heavy (non-hydrogen) atoms. The van der Waals surface area contributed by atoms with E-state index in [-0.39, 0.29) is 30.3 Å². The van der Waals surface area contributed by atoms with Crippen LogP contribution in [0.3, 0.4) is 0 Å². The first-order valence-corrected chi connectivity index (χ1v) is 9.21. The minimum absolute atomic E-state index is 0.0737. The summed E-state index contributed by atoms with van der Waals surface area (Å²) < 4.78 is 0. The summed E-state index contributed by atoms with van der Waals surface area (Å²) >= 11 is 0. The fourth-order valence-corrected chi connectivity index (χ4v) is 3.05. The van der Waals surface area contributed by atoms with Gasteiger partial charge in [0.15, 0.2) is 0 Å². The molecule has 144 valence electrons. The molecule has 1 fully saturated rings. The number of hydrogen-bond donors (Lipinski definition) is 2. The average molecular weight is 355 g/mol. The fourth-order valence-electron chi connectivity index (χ4n) is 3.05. The zero-order valence-electron chi connectivity index (χ0n) is 16.0. The molecule has 0 saturated carbocycles. The summed E-state index contributed by atoms with van der Waals surface area (Å²) in [5.74, 6) is -0.424. The van der Waals surface area contributed by atoms with Crippen LogP contribution in [0.1, 0.15) is 47.0 Å². The summed E-state index contributed by atoms with van der Waals surface area (Å²) in [7, 11) is 0. The number of nitrogens with zero attached hydrogens (tertiary/aromatic N) is 2. The second kappa shape index (κ2) is 10.3. The van der Waals surface area contributed by atoms with Crippen LogP contribution in [0.2, 0.25) is 0 Å². The van der Waals surface area contributed by atoms with Gasteiger partial charge in [-0.2, -0.15) is 0 Å². The molecular formula is C18H33N3O4. The fraction of sp³-hybridized carbons (Fsp3) is 0.833. The van der Waals surface area contributed by atoms with E-state index < -0.39 is 5.97 Å². The lowest BCUT2D eigenvalue weighted by Gasteiger charge is -2.34. The largest absolute Gasteiger partial charge is 0.480 e. The maximum atomic E-state index is 12.5. The molecule has 0 aromatic heterocycles. The lowest BCUT2D eigenvalue weighted by Crippen LogP contribution is -2.47. The van der Waals surface area contributed by atoms with Crippen LogP contribution >= 0.6 is 0 Å². The van der Waals surface area contributed by atoms with Gasteiger partial charge in [-0.3, -0.25) is 9.59 Å². The van der Waals surface area contributed by atoms with E-state index in [1.54, 1.807) is 4.90 Å². The van der Waals surface area contributed by atoms with Gasteiger partial charge in [0.25, 0.3) is 0 Å². The van der Waals surface area contributed by atoms with Crippen molar-refractivity contribution in [2.45, 2.75) is 47.0 Å². The Balaban J connectivity index is 2.57. The van der Waals surface area contributed by atoms with Gasteiger partial charge in [-0.05, 0) is 30.6 Å². The number of aliphatic carboxylic acids is 1. The maximum absolute atomic E-state index is 12.5. The van der Waals surface area contributed by atoms with Crippen LogP contribution in [0, 0.1) is 17.8 Å². The van der Waals surface area contributed by atoms with E-state index in [1.807, 2.05) is 27.7 Å². The van der Waals surface area contributed by atoms with Crippen molar-refractivity contribution in [2.75, 3.05) is 32.7 Å². The van der Waals surface area contributed by atoms with Crippen molar-refractivity contribution >= 4 is 17.9 Å². The summed E-state index contributed by atoms with van der Waals surface area (Å²) in [6, 6.07) is -0.0737. The Hall–Kier alpha value is -1.79. The van der Waals surface area contributed by atoms with Gasteiger partial charge in [-0.15, -0.1) is 0 Å². The van der Waals surface area contributed by atoms with Crippen molar-refractivity contribution in [3.05, 3.63) is 0 Å². The SMILES string of the molecule is CC(C)CNC(=O)N1CCCC(CC(=O)N(CC(=O)O)CC(C)C)C1. The third kappa shape index (κ3) is 8.23. The first kappa shape index (κ1) is 21.3. The third-order valence-electron chi connectivity index (χ3n) is 4.20. The summed E-state index contributed by atoms with van der Waals surface area (Å²) in [5, 5.41) is 11.9. The van der Waals surface area contributed by atoms with E-state index in [2.05, 4.69) is 5.32 Å². The molecule has 0 aliphatic carbocycles. The zero-order valence-corrected chi connectivity index (χ0v) is 16.0. The zero-order chi connectivity index (χ0) is 19.0. The van der Waals surface area contributed by atoms with Gasteiger partial charge in [0, 0.05) is 32.6 Å². The number of likely N-dealkylation sites (tertiary alicyclic amines) is 1. The number of carbonyl (C=O) groups excluding carboxylic acids is 2. The molecule has 7 heteroatoms. The predicted molar refractivity (Wildman–Crippen MR) is 96.2 cm³/mol. The summed E-state index contributed by atoms with van der Waals surface area (Å²) in [5.41, 5.74) is 0. The molecular weight excluding hydrogens is 322 g/mol. The molecule has 0 bridgehead atoms. The van der Waals surface area contributed by atoms with E-state index >= 15 is 0 Å². The number of rotatable bonds is 8. The van der Waals surface area contributed by atoms with Crippen molar-refractivity contribution in [2.24, 2.45) is 17.8 Å². The van der Waals surface area contributed by atoms with Gasteiger partial charge < -0.3 is 20.2 Å². The van der Waals surface area contributed by atoms with Crippen LogP contribution in [0.15, 0.2) is 0 Å². The number of hydrogen-bond acceptors (Lipinski definition) is 3. The van der Waals surface area contributed by atoms with Gasteiger partial charge in [-0.25, -0.2) is 4.79 Å². The number of carboxylic acids is 1. The quantitative estimate of drug-likeness (QED) is 0.697. The predicted octanol–water partition coefficient (Wildman–Crippen LogP) is 2.02. The van der Waals surface area contributed by atoms with Crippen LogP contribution in [0.25, 0.3) is 0 Å². The molecule has 7 nitrogen and oxygen atoms in total. The average Bonchev–Trinajstić information content (AvgIpc) is 2.51. The van der Waals surface area contributed by atoms with Gasteiger partial charge >= 0.3 is 12.0 Å². The monoisotopic (exact) mass is 355 g/mol. The molecule has 1 heterocycles. The van der Waals surface area contributed by atoms with Gasteiger partial charge in [0.1, 0.15) is 6.54 Å². The van der Waals surface area contributed by atoms with Crippen LogP contribution in [0.5, 0.6) is 0 Å². The lowest BCUT2D eigenvalue weighted by molar-refractivity contribution is -0.145. The Morgan fingerprint density at radius 1 is 1.20 bits per heavy atom. The Kier molecular flexibility index (Phi) is 8.72. The molecule has 0 radical (unpaired) electrons. The van der Waals surface area contributed by atoms with Gasteiger partial charge in [-0.1, -0.05) is 27.7 Å². The van der Waals surface area contributed by atoms with Crippen LogP contribution in [-0.2, 0) is 9.59 Å². The highest BCUT2D eigenvalue weighted by Gasteiger charge is 2.27. The Labute approximate surface area is 150 Å². The highest BCUT2D eigenvalue weighted by Crippen LogP contribution is 2.21. The standard InChI is InChI=1S/C18H33N3O4/c1-13(2)9-19-18(25)20-7-5-6-15(11-20)8-16(22)21(10-14(3)4)12-17(23)24/h13-15H,5-12H2,1-4H3,(H,19,25)(H,23,24). The van der Waals surface area contributed by atoms with Crippen molar-refractivity contribution in [1.82, 2.24) is 15.1 Å². The Morgan fingerprint density at radius 3 is 2.44 bits per heavy atom. The topological polar surface area (TPSA) is 90.0 Å². The number of amides is 3. The third-order valence-corrected chi connectivity index (χ3v) is 4.20. The Bertz CT molecular complexity index is 465. The number of urea groups is 1. The first-order chi connectivity index (χ1) is 11.7. The minimum atomic E-state index is -0.993. The summed E-state index contributed by atoms with van der Waals surface area (Å²) in [6.45, 7) is 10.1. The number of nitrogens with one attached hydrogen (secondary N) is 1. The second-order valence-corrected chi connectivity index (χ2v) is 7.80. The molecule has 0 aromatic rings. The van der Waals surface area contributed by atoms with E-state index in [4.69, 9.17) is 5.11 Å². The smallest absolute Gasteiger partial charge is 0.323 e. The number of piperidine rings is 1. The normalized spacial score (nSPS) is 17.7. The molecule has 1 aliphatic rings. The molecule has 0 aromatic carbocycles. The van der Waals surface area contributed by atoms with Crippen molar-refractivity contribution in [3.63, 3.8) is 0 Å². The van der Waals surface area contributed by atoms with Crippen molar-refractivity contribution in [1.29, 1.82) is 0 Å². The van der Waals surface area contributed by atoms with E-state index in [0.717, 1.165) is 12.8 Å². The molecule has 1 unspecified atom stereocenters. The molecule has 3 amide bonds. The van der Waals surface area contributed by atoms with Gasteiger partial charge in [0.2, 0.25) is 5.91 Å². The van der Waals surface area contributed by atoms with Gasteiger partial charge in [0.05, 0.1) is 0 Å². The van der Waals surface area contributed by atoms with E-state index in [1.165, 1.54) is 4.90 Å². The second-order valence-electron chi connectivity index (χ2n) is 7.80. The maximum Gasteiger partial charge on any atom is 0.323 e. The molecule has 1 rings (SSSR count). The van der Waals surface area contributed by atoms with Crippen molar-refractivity contribution < 1.29 is 19.5 Å². The lowest BCUT2D eigenvalue weighted by atomic mass is 9.94. The summed E-state index contributed by atoms with van der Waals surface area (Å²) in [4.78, 5) is 38.9. The highest BCUT2D eigenvalue weighted by atomic mass is 16.4. The Morgan fingerprint density at radius 2 is 1.88 bits per heavy atom. The first-order valence-electron chi connectivity index (χ1n) is 9.21. The molecule has 1 saturated heterocycles. The molecule has 0 spiro atoms. The number of carbonyl (C=O) groups is 3. The highest BCUT2D eigenvalue weighted by molar-refractivity contribution is 5.81. The van der Waals surface area contributed by atoms with E-state index in [0.29, 0.717) is 38.5 Å². The summed E-state index contributed by atoms with van der Waals surface area (Å²) in [6.07, 6.45) is 2.06. The van der Waals surface area contributed by atoms with E-state index in [9.17, 15) is 14.4 Å². The van der Waals surface area contributed by atoms with Crippen molar-refractivity contribution in [3.8, 4) is 0 Å². The number of carboxylic acid groups (broad SMARTS) is 1. The van der Waals surface area contributed by atoms with Crippen LogP contribution in [-0.4, -0.2) is 65.5 Å².